The number of hydrogen-bond acceptors (Lipinski definition) is 1. The van der Waals surface area contributed by atoms with E-state index < -0.39 is 27.6 Å². The number of unbranched alkanes of at least 4 members (excludes halogenated alkanes) is 4. The van der Waals surface area contributed by atoms with E-state index in [1.165, 1.54) is 0 Å². The molecule has 0 aliphatic rings. The van der Waals surface area contributed by atoms with E-state index in [0.717, 1.165) is 25.7 Å². The molecule has 0 N–H and O–H groups in total. The summed E-state index contributed by atoms with van der Waals surface area (Å²) in [6.45, 7) is 6.76. The monoisotopic (exact) mass is 309 g/mol. The van der Waals surface area contributed by atoms with Gasteiger partial charge in [0.05, 0.1) is 4.75 Å². The second kappa shape index (κ2) is 8.46. The Kier molecular flexibility index (Phi) is 8.10. The molecule has 0 spiro atoms. The molecular formula is C14H22F3NOS. The van der Waals surface area contributed by atoms with Gasteiger partial charge < -0.3 is 0 Å². The zero-order valence-corrected chi connectivity index (χ0v) is 13.2. The van der Waals surface area contributed by atoms with Crippen molar-refractivity contribution in [1.29, 1.82) is 0 Å². The maximum atomic E-state index is 12.7. The third kappa shape index (κ3) is 8.36. The van der Waals surface area contributed by atoms with E-state index in [0.29, 0.717) is 6.42 Å². The lowest BCUT2D eigenvalue weighted by Gasteiger charge is -2.14. The van der Waals surface area contributed by atoms with Crippen molar-refractivity contribution >= 4 is 16.7 Å². The predicted molar refractivity (Wildman–Crippen MR) is 77.9 cm³/mol. The van der Waals surface area contributed by atoms with Gasteiger partial charge in [0.25, 0.3) is 0 Å². The Morgan fingerprint density at radius 2 is 1.75 bits per heavy atom. The van der Waals surface area contributed by atoms with Crippen LogP contribution >= 0.6 is 0 Å². The summed E-state index contributed by atoms with van der Waals surface area (Å²) in [5.74, 6) is 4.49. The lowest BCUT2D eigenvalue weighted by Crippen LogP contribution is -2.26. The first-order chi connectivity index (χ1) is 9.09. The van der Waals surface area contributed by atoms with Crippen molar-refractivity contribution in [3.8, 4) is 11.8 Å². The summed E-state index contributed by atoms with van der Waals surface area (Å²) < 4.78 is 52.3. The van der Waals surface area contributed by atoms with Crippen molar-refractivity contribution in [2.24, 2.45) is 4.40 Å². The van der Waals surface area contributed by atoms with Gasteiger partial charge in [0.1, 0.15) is 11.0 Å². The normalized spacial score (nSPS) is 14.7. The Morgan fingerprint density at radius 3 is 2.20 bits per heavy atom. The van der Waals surface area contributed by atoms with E-state index in [1.807, 2.05) is 5.92 Å². The highest BCUT2D eigenvalue weighted by molar-refractivity contribution is 7.85. The van der Waals surface area contributed by atoms with Crippen LogP contribution < -0.4 is 0 Å². The number of halogens is 3. The minimum Gasteiger partial charge on any atom is -0.234 e. The van der Waals surface area contributed by atoms with E-state index in [9.17, 15) is 17.4 Å². The van der Waals surface area contributed by atoms with Gasteiger partial charge in [0, 0.05) is 6.42 Å². The zero-order chi connectivity index (χ0) is 15.8. The van der Waals surface area contributed by atoms with Crippen LogP contribution in [0.1, 0.15) is 59.8 Å². The fourth-order valence-electron chi connectivity index (χ4n) is 1.15. The number of rotatable bonds is 5. The SMILES string of the molecule is CCCCCCC#CC(=NS(=O)C(C)(C)C)C(F)(F)F. The van der Waals surface area contributed by atoms with Crippen LogP contribution in [0.2, 0.25) is 0 Å². The topological polar surface area (TPSA) is 29.4 Å². The Bertz CT molecular complexity index is 411. The van der Waals surface area contributed by atoms with Gasteiger partial charge in [-0.25, -0.2) is 4.21 Å². The second-order valence-electron chi connectivity index (χ2n) is 5.41. The summed E-state index contributed by atoms with van der Waals surface area (Å²) in [7, 11) is -1.96. The summed E-state index contributed by atoms with van der Waals surface area (Å²) in [6, 6.07) is 0. The van der Waals surface area contributed by atoms with Crippen molar-refractivity contribution in [3.63, 3.8) is 0 Å². The van der Waals surface area contributed by atoms with E-state index in [2.05, 4.69) is 17.2 Å². The molecule has 6 heteroatoms. The molecule has 0 aromatic carbocycles. The van der Waals surface area contributed by atoms with Gasteiger partial charge in [-0.3, -0.25) is 0 Å². The number of hydrogen-bond donors (Lipinski definition) is 0. The van der Waals surface area contributed by atoms with Gasteiger partial charge in [-0.1, -0.05) is 32.1 Å². The molecule has 0 heterocycles. The Hall–Kier alpha value is -0.830. The maximum Gasteiger partial charge on any atom is 0.442 e. The smallest absolute Gasteiger partial charge is 0.234 e. The molecule has 116 valence electrons. The molecule has 1 atom stereocenters. The van der Waals surface area contributed by atoms with Gasteiger partial charge in [0.2, 0.25) is 5.71 Å². The van der Waals surface area contributed by atoms with Crippen LogP contribution in [0.25, 0.3) is 0 Å². The predicted octanol–water partition coefficient (Wildman–Crippen LogP) is 4.43. The van der Waals surface area contributed by atoms with Crippen LogP contribution in [-0.4, -0.2) is 20.8 Å². The van der Waals surface area contributed by atoms with Crippen molar-refractivity contribution in [1.82, 2.24) is 0 Å². The maximum absolute atomic E-state index is 12.7. The van der Waals surface area contributed by atoms with E-state index >= 15 is 0 Å². The van der Waals surface area contributed by atoms with Gasteiger partial charge >= 0.3 is 6.18 Å². The molecule has 20 heavy (non-hydrogen) atoms. The first-order valence-corrected chi connectivity index (χ1v) is 7.76. The quantitative estimate of drug-likeness (QED) is 0.420. The van der Waals surface area contributed by atoms with E-state index in [4.69, 9.17) is 0 Å². The molecule has 0 amide bonds. The van der Waals surface area contributed by atoms with Crippen molar-refractivity contribution in [2.45, 2.75) is 70.7 Å². The third-order valence-electron chi connectivity index (χ3n) is 2.33. The highest BCUT2D eigenvalue weighted by Gasteiger charge is 2.36. The molecule has 0 rings (SSSR count). The molecule has 0 saturated carbocycles. The Balaban J connectivity index is 4.82. The van der Waals surface area contributed by atoms with Crippen molar-refractivity contribution < 1.29 is 17.4 Å². The van der Waals surface area contributed by atoms with Crippen LogP contribution in [0.4, 0.5) is 13.2 Å². The summed E-state index contributed by atoms with van der Waals surface area (Å²) in [5.41, 5.74) is -1.25. The van der Waals surface area contributed by atoms with E-state index in [1.54, 1.807) is 20.8 Å². The van der Waals surface area contributed by atoms with Crippen LogP contribution in [0.3, 0.4) is 0 Å². The first kappa shape index (κ1) is 19.2. The van der Waals surface area contributed by atoms with Gasteiger partial charge in [-0.05, 0) is 33.1 Å². The minimum atomic E-state index is -4.66. The van der Waals surface area contributed by atoms with Gasteiger partial charge in [-0.2, -0.15) is 17.6 Å². The summed E-state index contributed by atoms with van der Waals surface area (Å²) in [4.78, 5) is 0. The standard InChI is InChI=1S/C14H22F3NOS/c1-5-6-7-8-9-10-11-12(14(15,16)17)18-20(19)13(2,3)4/h5-9H2,1-4H3. The number of alkyl halides is 3. The fourth-order valence-corrected chi connectivity index (χ4v) is 1.74. The third-order valence-corrected chi connectivity index (χ3v) is 3.72. The summed E-state index contributed by atoms with van der Waals surface area (Å²) in [5, 5.41) is 0. The van der Waals surface area contributed by atoms with Crippen LogP contribution in [0.5, 0.6) is 0 Å². The molecule has 0 aromatic rings. The van der Waals surface area contributed by atoms with Gasteiger partial charge in [0.15, 0.2) is 0 Å². The van der Waals surface area contributed by atoms with Crippen molar-refractivity contribution in [3.05, 3.63) is 0 Å². The molecule has 0 aliphatic heterocycles. The second-order valence-corrected chi connectivity index (χ2v) is 7.32. The molecule has 0 radical (unpaired) electrons. The average molecular weight is 309 g/mol. The summed E-state index contributed by atoms with van der Waals surface area (Å²) >= 11 is 0. The van der Waals surface area contributed by atoms with Crippen LogP contribution in [-0.2, 0) is 11.0 Å². The highest BCUT2D eigenvalue weighted by atomic mass is 32.2. The lowest BCUT2D eigenvalue weighted by molar-refractivity contribution is -0.0570. The average Bonchev–Trinajstić information content (AvgIpc) is 2.29. The van der Waals surface area contributed by atoms with Crippen LogP contribution in [0, 0.1) is 11.8 Å². The van der Waals surface area contributed by atoms with Crippen LogP contribution in [0.15, 0.2) is 4.40 Å². The largest absolute Gasteiger partial charge is 0.442 e. The molecule has 1 unspecified atom stereocenters. The molecular weight excluding hydrogens is 287 g/mol. The highest BCUT2D eigenvalue weighted by Crippen LogP contribution is 2.20. The molecule has 0 aromatic heterocycles. The Labute approximate surface area is 121 Å². The molecule has 2 nitrogen and oxygen atoms in total. The molecule has 0 fully saturated rings. The first-order valence-electron chi connectivity index (χ1n) is 6.65. The van der Waals surface area contributed by atoms with E-state index in [-0.39, 0.29) is 0 Å². The van der Waals surface area contributed by atoms with Crippen molar-refractivity contribution in [2.75, 3.05) is 0 Å². The Morgan fingerprint density at radius 1 is 1.15 bits per heavy atom. The lowest BCUT2D eigenvalue weighted by atomic mass is 10.1. The fraction of sp³-hybridized carbons (Fsp3) is 0.786. The molecule has 0 bridgehead atoms. The minimum absolute atomic E-state index is 0.400. The molecule has 0 saturated heterocycles. The van der Waals surface area contributed by atoms with Gasteiger partial charge in [-0.15, -0.1) is 0 Å². The zero-order valence-electron chi connectivity index (χ0n) is 12.4. The number of nitrogens with zero attached hydrogens (tertiary/aromatic N) is 1. The molecule has 0 aliphatic carbocycles. The summed E-state index contributed by atoms with van der Waals surface area (Å²) in [6.07, 6.45) is -0.413.